The van der Waals surface area contributed by atoms with E-state index in [1.165, 1.54) is 0 Å². The fourth-order valence-corrected chi connectivity index (χ4v) is 0.856. The molecule has 0 unspecified atom stereocenters. The van der Waals surface area contributed by atoms with Gasteiger partial charge in [-0.1, -0.05) is 36.4 Å². The fraction of sp³-hybridized carbons (Fsp3) is 0. The number of rotatable bonds is 0. The molecule has 4 nitrogen and oxygen atoms in total. The molecule has 0 saturated carbocycles. The largest absolute Gasteiger partial charge is 0.508 e. The zero-order chi connectivity index (χ0) is 13.8. The van der Waals surface area contributed by atoms with Crippen LogP contribution in [0.3, 0.4) is 0 Å². The van der Waals surface area contributed by atoms with E-state index in [1.807, 2.05) is 12.1 Å². The Morgan fingerprint density at radius 3 is 1.00 bits per heavy atom. The summed E-state index contributed by atoms with van der Waals surface area (Å²) in [6.45, 7) is 2.67. The monoisotopic (exact) mass is 248 g/mol. The number of aromatic hydroxyl groups is 2. The van der Waals surface area contributed by atoms with Crippen LogP contribution >= 0.6 is 0 Å². The zero-order valence-electron chi connectivity index (χ0n) is 9.77. The second-order valence-electron chi connectivity index (χ2n) is 3.09. The van der Waals surface area contributed by atoms with Crippen LogP contribution in [-0.4, -0.2) is 20.4 Å². The van der Waals surface area contributed by atoms with Gasteiger partial charge in [0.05, 0.1) is 0 Å². The number of aliphatic hydroxyl groups excluding tert-OH is 1. The van der Waals surface area contributed by atoms with E-state index in [1.54, 1.807) is 48.5 Å². The molecule has 2 aromatic carbocycles. The van der Waals surface area contributed by atoms with Gasteiger partial charge in [-0.2, -0.15) is 0 Å². The number of hydrogen-bond donors (Lipinski definition) is 4. The van der Waals surface area contributed by atoms with Crippen molar-refractivity contribution in [2.45, 2.75) is 0 Å². The number of hydrogen-bond acceptors (Lipinski definition) is 4. The molecule has 96 valence electrons. The lowest BCUT2D eigenvalue weighted by molar-refractivity contribution is 0.194. The molecule has 0 aromatic heterocycles. The predicted molar refractivity (Wildman–Crippen MR) is 70.6 cm³/mol. The summed E-state index contributed by atoms with van der Waals surface area (Å²) in [5.74, 6) is -0.190. The Bertz CT molecular complexity index is 385. The molecule has 0 radical (unpaired) electrons. The summed E-state index contributed by atoms with van der Waals surface area (Å²) < 4.78 is 0. The van der Waals surface area contributed by atoms with Crippen LogP contribution in [0.4, 0.5) is 0 Å². The van der Waals surface area contributed by atoms with Crippen molar-refractivity contribution < 1.29 is 20.4 Å². The Morgan fingerprint density at radius 1 is 0.667 bits per heavy atom. The van der Waals surface area contributed by atoms with E-state index in [-0.39, 0.29) is 0 Å². The van der Waals surface area contributed by atoms with Crippen molar-refractivity contribution in [3.05, 3.63) is 73.2 Å². The number of para-hydroxylation sites is 2. The summed E-state index contributed by atoms with van der Waals surface area (Å²) in [6.07, 6.45) is 0. The van der Waals surface area contributed by atoms with Gasteiger partial charge < -0.3 is 20.4 Å². The molecule has 0 bridgehead atoms. The minimum atomic E-state index is -0.833. The van der Waals surface area contributed by atoms with Crippen molar-refractivity contribution in [3.8, 4) is 11.5 Å². The number of aliphatic hydroxyl groups is 2. The van der Waals surface area contributed by atoms with Crippen molar-refractivity contribution >= 4 is 0 Å². The standard InChI is InChI=1S/2C6H6O.C2H4O2/c2*7-6-4-2-1-3-5-6;1-2(3)4/h2*1-5,7H;3-4H,1H2. The summed E-state index contributed by atoms with van der Waals surface area (Å²) in [6, 6.07) is 17.4. The third-order valence-corrected chi connectivity index (χ3v) is 1.51. The number of phenolic OH excluding ortho intramolecular Hbond substituents is 2. The van der Waals surface area contributed by atoms with Gasteiger partial charge in [-0.05, 0) is 30.8 Å². The Labute approximate surface area is 106 Å². The quantitative estimate of drug-likeness (QED) is 0.539. The van der Waals surface area contributed by atoms with Gasteiger partial charge in [-0.3, -0.25) is 0 Å². The van der Waals surface area contributed by atoms with Crippen molar-refractivity contribution in [1.82, 2.24) is 0 Å². The molecule has 2 aromatic rings. The van der Waals surface area contributed by atoms with Gasteiger partial charge in [-0.15, -0.1) is 0 Å². The molecule has 0 aliphatic carbocycles. The topological polar surface area (TPSA) is 80.9 Å². The second kappa shape index (κ2) is 9.59. The van der Waals surface area contributed by atoms with E-state index in [2.05, 4.69) is 6.58 Å². The van der Waals surface area contributed by atoms with Gasteiger partial charge in [0.1, 0.15) is 11.5 Å². The summed E-state index contributed by atoms with van der Waals surface area (Å²) in [7, 11) is 0. The molecule has 0 spiro atoms. The van der Waals surface area contributed by atoms with E-state index in [4.69, 9.17) is 20.4 Å². The predicted octanol–water partition coefficient (Wildman–Crippen LogP) is 3.36. The highest BCUT2D eigenvalue weighted by Crippen LogP contribution is 2.03. The van der Waals surface area contributed by atoms with Crippen molar-refractivity contribution in [2.24, 2.45) is 0 Å². The van der Waals surface area contributed by atoms with E-state index in [0.29, 0.717) is 11.5 Å². The first-order chi connectivity index (χ1) is 8.52. The Morgan fingerprint density at radius 2 is 0.889 bits per heavy atom. The lowest BCUT2D eigenvalue weighted by Gasteiger charge is -1.82. The van der Waals surface area contributed by atoms with Crippen molar-refractivity contribution in [2.75, 3.05) is 0 Å². The summed E-state index contributed by atoms with van der Waals surface area (Å²) >= 11 is 0. The van der Waals surface area contributed by atoms with E-state index in [0.717, 1.165) is 0 Å². The molecule has 4 N–H and O–H groups in total. The molecular formula is C14H16O4. The maximum atomic E-state index is 8.63. The first-order valence-electron chi connectivity index (χ1n) is 5.07. The highest BCUT2D eigenvalue weighted by atomic mass is 16.5. The zero-order valence-corrected chi connectivity index (χ0v) is 9.77. The molecule has 0 aliphatic heterocycles. The van der Waals surface area contributed by atoms with E-state index in [9.17, 15) is 0 Å². The number of phenols is 2. The Kier molecular flexibility index (Phi) is 8.20. The minimum Gasteiger partial charge on any atom is -0.508 e. The summed E-state index contributed by atoms with van der Waals surface area (Å²) in [4.78, 5) is 0. The van der Waals surface area contributed by atoms with E-state index >= 15 is 0 Å². The first-order valence-corrected chi connectivity index (χ1v) is 5.07. The fourth-order valence-electron chi connectivity index (χ4n) is 0.856. The normalized spacial score (nSPS) is 8.00. The lowest BCUT2D eigenvalue weighted by atomic mass is 10.3. The third-order valence-electron chi connectivity index (χ3n) is 1.51. The molecular weight excluding hydrogens is 232 g/mol. The molecule has 2 rings (SSSR count). The highest BCUT2D eigenvalue weighted by molar-refractivity contribution is 5.19. The van der Waals surface area contributed by atoms with Gasteiger partial charge in [0.25, 0.3) is 5.95 Å². The lowest BCUT2D eigenvalue weighted by Crippen LogP contribution is -1.62. The molecule has 0 fully saturated rings. The van der Waals surface area contributed by atoms with Crippen LogP contribution in [0, 0.1) is 0 Å². The van der Waals surface area contributed by atoms with Crippen LogP contribution in [0.15, 0.2) is 73.2 Å². The molecule has 0 aliphatic rings. The highest BCUT2D eigenvalue weighted by Gasteiger charge is 1.75. The van der Waals surface area contributed by atoms with Gasteiger partial charge in [-0.25, -0.2) is 0 Å². The van der Waals surface area contributed by atoms with Gasteiger partial charge in [0.2, 0.25) is 0 Å². The molecule has 0 heterocycles. The molecule has 4 heteroatoms. The van der Waals surface area contributed by atoms with E-state index < -0.39 is 5.95 Å². The van der Waals surface area contributed by atoms with Crippen LogP contribution in [-0.2, 0) is 0 Å². The average molecular weight is 248 g/mol. The Hall–Kier alpha value is -2.62. The molecule has 0 saturated heterocycles. The third kappa shape index (κ3) is 11.5. The summed E-state index contributed by atoms with van der Waals surface area (Å²) in [5, 5.41) is 32.1. The maximum absolute atomic E-state index is 8.63. The molecule has 0 atom stereocenters. The summed E-state index contributed by atoms with van der Waals surface area (Å²) in [5.41, 5.74) is 0. The number of benzene rings is 2. The SMILES string of the molecule is C=C(O)O.Oc1ccccc1.Oc1ccccc1. The second-order valence-corrected chi connectivity index (χ2v) is 3.09. The van der Waals surface area contributed by atoms with Crippen LogP contribution < -0.4 is 0 Å². The van der Waals surface area contributed by atoms with Crippen LogP contribution in [0.5, 0.6) is 11.5 Å². The van der Waals surface area contributed by atoms with Crippen molar-refractivity contribution in [3.63, 3.8) is 0 Å². The average Bonchev–Trinajstić information content (AvgIpc) is 2.31. The van der Waals surface area contributed by atoms with Gasteiger partial charge in [0, 0.05) is 0 Å². The first kappa shape index (κ1) is 15.4. The molecule has 18 heavy (non-hydrogen) atoms. The van der Waals surface area contributed by atoms with Gasteiger partial charge >= 0.3 is 0 Å². The Balaban J connectivity index is 0.000000253. The van der Waals surface area contributed by atoms with Crippen LogP contribution in [0.25, 0.3) is 0 Å². The van der Waals surface area contributed by atoms with Crippen LogP contribution in [0.2, 0.25) is 0 Å². The smallest absolute Gasteiger partial charge is 0.266 e. The minimum absolute atomic E-state index is 0.322. The van der Waals surface area contributed by atoms with Crippen molar-refractivity contribution in [1.29, 1.82) is 0 Å². The molecule has 0 amide bonds. The van der Waals surface area contributed by atoms with Crippen LogP contribution in [0.1, 0.15) is 0 Å². The van der Waals surface area contributed by atoms with Gasteiger partial charge in [0.15, 0.2) is 0 Å². The maximum Gasteiger partial charge on any atom is 0.266 e.